The standard InChI is InChI=1S/C35H39N5O3/c1-23(41)39-16-14-24(15-17-39)22-40-33(42)35(2,38-34(40)36)29-9-5-8-27(18-29)32-20-31(43-3)13-11-28(32)21-37-30-12-10-25-6-4-7-26(25)19-30/h4-5,7-13,18-20,24,37H,6,14-17,21-22H2,1-3H3,(H2,36,38). The van der Waals surface area contributed by atoms with Gasteiger partial charge in [-0.05, 0) is 95.8 Å². The number of benzene rings is 3. The van der Waals surface area contributed by atoms with E-state index in [9.17, 15) is 9.59 Å². The summed E-state index contributed by atoms with van der Waals surface area (Å²) in [7, 11) is 1.67. The van der Waals surface area contributed by atoms with Crippen LogP contribution in [0.5, 0.6) is 5.75 Å². The molecule has 0 radical (unpaired) electrons. The average Bonchev–Trinajstić information content (AvgIpc) is 3.58. The highest BCUT2D eigenvalue weighted by atomic mass is 16.5. The SMILES string of the molecule is COc1ccc(CNc2ccc3c(c2)C=CC3)c(-c2cccc(C3(C)N=C(N)N(CC4CCN(C(C)=O)CC4)C3=O)c2)c1. The van der Waals surface area contributed by atoms with Gasteiger partial charge in [0.1, 0.15) is 5.75 Å². The predicted octanol–water partition coefficient (Wildman–Crippen LogP) is 5.17. The third-order valence-corrected chi connectivity index (χ3v) is 9.09. The predicted molar refractivity (Wildman–Crippen MR) is 171 cm³/mol. The van der Waals surface area contributed by atoms with Crippen LogP contribution in [0.2, 0.25) is 0 Å². The van der Waals surface area contributed by atoms with Crippen molar-refractivity contribution in [1.82, 2.24) is 9.80 Å². The van der Waals surface area contributed by atoms with Gasteiger partial charge in [0.15, 0.2) is 11.5 Å². The van der Waals surface area contributed by atoms with Gasteiger partial charge >= 0.3 is 0 Å². The van der Waals surface area contributed by atoms with Crippen molar-refractivity contribution in [3.8, 4) is 16.9 Å². The molecule has 0 aromatic heterocycles. The number of hydrogen-bond donors (Lipinski definition) is 2. The molecule has 0 bridgehead atoms. The zero-order valence-electron chi connectivity index (χ0n) is 25.1. The Labute approximate surface area is 253 Å². The lowest BCUT2D eigenvalue weighted by atomic mass is 9.88. The van der Waals surface area contributed by atoms with E-state index in [-0.39, 0.29) is 23.7 Å². The van der Waals surface area contributed by atoms with Crippen LogP contribution >= 0.6 is 0 Å². The fourth-order valence-electron chi connectivity index (χ4n) is 6.41. The second kappa shape index (κ2) is 11.6. The number of allylic oxidation sites excluding steroid dienone is 1. The lowest BCUT2D eigenvalue weighted by Crippen LogP contribution is -2.46. The number of likely N-dealkylation sites (tertiary alicyclic amines) is 1. The van der Waals surface area contributed by atoms with Crippen molar-refractivity contribution in [2.75, 3.05) is 32.1 Å². The van der Waals surface area contributed by atoms with Crippen LogP contribution in [0.15, 0.2) is 71.7 Å². The molecule has 3 N–H and O–H groups in total. The number of anilines is 1. The number of fused-ring (bicyclic) bond motifs is 1. The molecule has 1 fully saturated rings. The number of piperidine rings is 1. The molecule has 222 valence electrons. The molecular formula is C35H39N5O3. The maximum atomic E-state index is 13.9. The number of rotatable bonds is 8. The second-order valence-corrected chi connectivity index (χ2v) is 11.9. The van der Waals surface area contributed by atoms with Gasteiger partial charge in [0.05, 0.1) is 7.11 Å². The Morgan fingerprint density at radius 3 is 2.70 bits per heavy atom. The van der Waals surface area contributed by atoms with E-state index in [1.54, 1.807) is 18.9 Å². The van der Waals surface area contributed by atoms with Crippen LogP contribution in [0, 0.1) is 5.92 Å². The zero-order valence-corrected chi connectivity index (χ0v) is 25.1. The minimum absolute atomic E-state index is 0.0971. The fraction of sp³-hybridized carbons (Fsp3) is 0.343. The monoisotopic (exact) mass is 577 g/mol. The number of nitrogens with one attached hydrogen (secondary N) is 1. The Kier molecular flexibility index (Phi) is 7.69. The molecule has 6 rings (SSSR count). The first-order chi connectivity index (χ1) is 20.7. The molecule has 3 aliphatic rings. The van der Waals surface area contributed by atoms with Gasteiger partial charge in [-0.1, -0.05) is 42.5 Å². The van der Waals surface area contributed by atoms with E-state index in [1.807, 2.05) is 42.2 Å². The van der Waals surface area contributed by atoms with Gasteiger partial charge in [-0.25, -0.2) is 4.99 Å². The zero-order chi connectivity index (χ0) is 30.1. The number of nitrogens with two attached hydrogens (primary N) is 1. The van der Waals surface area contributed by atoms with Gasteiger partial charge in [0.25, 0.3) is 5.91 Å². The van der Waals surface area contributed by atoms with Crippen molar-refractivity contribution in [1.29, 1.82) is 0 Å². The highest BCUT2D eigenvalue weighted by Gasteiger charge is 2.46. The minimum atomic E-state index is -1.12. The molecule has 2 amide bonds. The molecular weight excluding hydrogens is 538 g/mol. The molecule has 1 aliphatic carbocycles. The molecule has 8 heteroatoms. The lowest BCUT2D eigenvalue weighted by molar-refractivity contribution is -0.133. The summed E-state index contributed by atoms with van der Waals surface area (Å²) in [5.74, 6) is 1.27. The van der Waals surface area contributed by atoms with Crippen LogP contribution in [0.25, 0.3) is 17.2 Å². The molecule has 1 saturated heterocycles. The minimum Gasteiger partial charge on any atom is -0.497 e. The van der Waals surface area contributed by atoms with Crippen LogP contribution in [-0.2, 0) is 28.1 Å². The molecule has 43 heavy (non-hydrogen) atoms. The maximum absolute atomic E-state index is 13.9. The summed E-state index contributed by atoms with van der Waals surface area (Å²) in [5, 5.41) is 3.59. The summed E-state index contributed by atoms with van der Waals surface area (Å²) in [6, 6.07) is 20.6. The van der Waals surface area contributed by atoms with Crippen LogP contribution in [-0.4, -0.2) is 54.3 Å². The molecule has 8 nitrogen and oxygen atoms in total. The summed E-state index contributed by atoms with van der Waals surface area (Å²) in [6.07, 6.45) is 7.04. The van der Waals surface area contributed by atoms with Crippen molar-refractivity contribution in [3.63, 3.8) is 0 Å². The van der Waals surface area contributed by atoms with Crippen molar-refractivity contribution in [2.45, 2.75) is 45.2 Å². The van der Waals surface area contributed by atoms with Gasteiger partial charge < -0.3 is 20.7 Å². The Morgan fingerprint density at radius 2 is 1.93 bits per heavy atom. The summed E-state index contributed by atoms with van der Waals surface area (Å²) in [4.78, 5) is 33.8. The summed E-state index contributed by atoms with van der Waals surface area (Å²) in [5.41, 5.74) is 12.8. The van der Waals surface area contributed by atoms with Crippen LogP contribution in [0.4, 0.5) is 5.69 Å². The van der Waals surface area contributed by atoms with Gasteiger partial charge in [-0.2, -0.15) is 0 Å². The van der Waals surface area contributed by atoms with Crippen molar-refractivity contribution < 1.29 is 14.3 Å². The smallest absolute Gasteiger partial charge is 0.261 e. The average molecular weight is 578 g/mol. The molecule has 2 heterocycles. The number of methoxy groups -OCH3 is 1. The van der Waals surface area contributed by atoms with Crippen LogP contribution in [0.1, 0.15) is 48.9 Å². The van der Waals surface area contributed by atoms with Crippen molar-refractivity contribution >= 4 is 29.5 Å². The van der Waals surface area contributed by atoms with E-state index >= 15 is 0 Å². The molecule has 1 unspecified atom stereocenters. The van der Waals surface area contributed by atoms with Crippen LogP contribution < -0.4 is 15.8 Å². The number of hydrogen-bond acceptors (Lipinski definition) is 6. The quantitative estimate of drug-likeness (QED) is 0.385. The Hall–Kier alpha value is -4.59. The summed E-state index contributed by atoms with van der Waals surface area (Å²) < 4.78 is 5.58. The summed E-state index contributed by atoms with van der Waals surface area (Å²) in [6.45, 7) is 6.00. The molecule has 1 atom stereocenters. The highest BCUT2D eigenvalue weighted by molar-refractivity contribution is 6.07. The van der Waals surface area contributed by atoms with Crippen LogP contribution in [0.3, 0.4) is 0 Å². The number of amides is 2. The third kappa shape index (κ3) is 5.61. The van der Waals surface area contributed by atoms with E-state index in [1.165, 1.54) is 11.1 Å². The van der Waals surface area contributed by atoms with Gasteiger partial charge in [-0.3, -0.25) is 14.5 Å². The number of carbonyl (C=O) groups is 2. The molecule has 0 saturated carbocycles. The topological polar surface area (TPSA) is 100 Å². The number of carbonyl (C=O) groups excluding carboxylic acids is 2. The highest BCUT2D eigenvalue weighted by Crippen LogP contribution is 2.37. The summed E-state index contributed by atoms with van der Waals surface area (Å²) >= 11 is 0. The normalized spacial score (nSPS) is 19.9. The molecule has 3 aromatic carbocycles. The fourth-order valence-corrected chi connectivity index (χ4v) is 6.41. The second-order valence-electron chi connectivity index (χ2n) is 11.9. The number of nitrogens with zero attached hydrogens (tertiary/aromatic N) is 3. The Bertz CT molecular complexity index is 1620. The maximum Gasteiger partial charge on any atom is 0.261 e. The van der Waals surface area contributed by atoms with Gasteiger partial charge in [0.2, 0.25) is 5.91 Å². The Balaban J connectivity index is 1.23. The molecule has 3 aromatic rings. The first kappa shape index (κ1) is 28.5. The lowest BCUT2D eigenvalue weighted by Gasteiger charge is -2.33. The Morgan fingerprint density at radius 1 is 1.12 bits per heavy atom. The first-order valence-electron chi connectivity index (χ1n) is 15.0. The van der Waals surface area contributed by atoms with Gasteiger partial charge in [-0.15, -0.1) is 0 Å². The van der Waals surface area contributed by atoms with E-state index in [0.717, 1.165) is 53.0 Å². The van der Waals surface area contributed by atoms with Crippen molar-refractivity contribution in [3.05, 3.63) is 89.0 Å². The van der Waals surface area contributed by atoms with Crippen molar-refractivity contribution in [2.24, 2.45) is 16.6 Å². The molecule has 2 aliphatic heterocycles. The van der Waals surface area contributed by atoms with E-state index in [0.29, 0.717) is 26.2 Å². The van der Waals surface area contributed by atoms with E-state index in [2.05, 4.69) is 47.8 Å². The number of ether oxygens (including phenoxy) is 1. The largest absolute Gasteiger partial charge is 0.497 e. The van der Waals surface area contributed by atoms with Gasteiger partial charge in [0, 0.05) is 38.8 Å². The first-order valence-corrected chi connectivity index (χ1v) is 15.0. The van der Waals surface area contributed by atoms with E-state index < -0.39 is 5.54 Å². The number of aliphatic imine (C=N–C) groups is 1. The van der Waals surface area contributed by atoms with E-state index in [4.69, 9.17) is 15.5 Å². The third-order valence-electron chi connectivity index (χ3n) is 9.09. The molecule has 0 spiro atoms. The number of guanidine groups is 1.